The van der Waals surface area contributed by atoms with Crippen molar-refractivity contribution in [2.24, 2.45) is 0 Å². The van der Waals surface area contributed by atoms with Crippen LogP contribution in [0.3, 0.4) is 0 Å². The average molecular weight is 298 g/mol. The smallest absolute Gasteiger partial charge is 0.0130 e. The molecule has 0 bridgehead atoms. The Hall–Kier alpha value is -0.570. The zero-order chi connectivity index (χ0) is 10.4. The number of rotatable bonds is 5. The summed E-state index contributed by atoms with van der Waals surface area (Å²) in [5.41, 5.74) is 2.54. The Balaban J connectivity index is 2.35. The monoisotopic (exact) mass is 298 g/mol. The summed E-state index contributed by atoms with van der Waals surface area (Å²) in [5, 5.41) is 0. The van der Waals surface area contributed by atoms with Crippen LogP contribution in [0.4, 0.5) is 0 Å². The lowest BCUT2D eigenvalue weighted by molar-refractivity contribution is 0.826. The van der Waals surface area contributed by atoms with Crippen LogP contribution in [0.1, 0.15) is 18.4 Å². The lowest BCUT2D eigenvalue weighted by atomic mass is 10.1. The molecule has 0 spiro atoms. The van der Waals surface area contributed by atoms with Gasteiger partial charge in [0.05, 0.1) is 0 Å². The van der Waals surface area contributed by atoms with Gasteiger partial charge in [-0.1, -0.05) is 36.9 Å². The molecule has 0 saturated carbocycles. The Bertz CT molecular complexity index is 309. The lowest BCUT2D eigenvalue weighted by Gasteiger charge is -2.01. The van der Waals surface area contributed by atoms with Crippen molar-refractivity contribution in [3.63, 3.8) is 0 Å². The number of hydrogen-bond donors (Lipinski definition) is 0. The van der Waals surface area contributed by atoms with Crippen molar-refractivity contribution in [3.05, 3.63) is 58.2 Å². The number of hydrogen-bond acceptors (Lipinski definition) is 0. The van der Waals surface area contributed by atoms with Crippen LogP contribution in [0.15, 0.2) is 49.1 Å². The van der Waals surface area contributed by atoms with E-state index in [0.29, 0.717) is 0 Å². The molecule has 0 N–H and O–H groups in total. The summed E-state index contributed by atoms with van der Waals surface area (Å²) in [6.45, 7) is 7.60. The zero-order valence-corrected chi connectivity index (χ0v) is 10.5. The SMILES string of the molecule is C=CC(=C)CCCc1ccc(I)cc1. The van der Waals surface area contributed by atoms with Gasteiger partial charge in [-0.15, -0.1) is 0 Å². The van der Waals surface area contributed by atoms with Gasteiger partial charge < -0.3 is 0 Å². The third-order valence-electron chi connectivity index (χ3n) is 2.17. The maximum atomic E-state index is 3.90. The van der Waals surface area contributed by atoms with Crippen molar-refractivity contribution in [1.29, 1.82) is 0 Å². The third kappa shape index (κ3) is 4.09. The van der Waals surface area contributed by atoms with E-state index in [0.717, 1.165) is 24.8 Å². The minimum absolute atomic E-state index is 1.05. The van der Waals surface area contributed by atoms with E-state index in [2.05, 4.69) is 60.0 Å². The van der Waals surface area contributed by atoms with Gasteiger partial charge in [-0.25, -0.2) is 0 Å². The Kier molecular flexibility index (Phi) is 4.94. The van der Waals surface area contributed by atoms with Crippen LogP contribution in [0.5, 0.6) is 0 Å². The molecule has 0 nitrogen and oxygen atoms in total. The van der Waals surface area contributed by atoms with Gasteiger partial charge in [-0.2, -0.15) is 0 Å². The first-order valence-corrected chi connectivity index (χ1v) is 5.85. The molecule has 0 saturated heterocycles. The highest BCUT2D eigenvalue weighted by atomic mass is 127. The Labute approximate surface area is 99.9 Å². The zero-order valence-electron chi connectivity index (χ0n) is 8.30. The van der Waals surface area contributed by atoms with E-state index in [-0.39, 0.29) is 0 Å². The largest absolute Gasteiger partial charge is 0.0988 e. The average Bonchev–Trinajstić information content (AvgIpc) is 2.21. The highest BCUT2D eigenvalue weighted by molar-refractivity contribution is 14.1. The molecule has 0 atom stereocenters. The second-order valence-electron chi connectivity index (χ2n) is 3.34. The summed E-state index contributed by atoms with van der Waals surface area (Å²) in [6, 6.07) is 8.69. The molecule has 0 heterocycles. The van der Waals surface area contributed by atoms with Crippen LogP contribution in [0.25, 0.3) is 0 Å². The van der Waals surface area contributed by atoms with E-state index < -0.39 is 0 Å². The predicted octanol–water partition coefficient (Wildman–Crippen LogP) is 4.36. The molecule has 74 valence electrons. The quantitative estimate of drug-likeness (QED) is 0.560. The second-order valence-corrected chi connectivity index (χ2v) is 4.59. The highest BCUT2D eigenvalue weighted by Crippen LogP contribution is 2.11. The lowest BCUT2D eigenvalue weighted by Crippen LogP contribution is -1.86. The van der Waals surface area contributed by atoms with Gasteiger partial charge in [0.1, 0.15) is 0 Å². The van der Waals surface area contributed by atoms with Crippen LogP contribution in [0, 0.1) is 3.57 Å². The second kappa shape index (κ2) is 6.02. The summed E-state index contributed by atoms with van der Waals surface area (Å²) in [6.07, 6.45) is 5.18. The molecule has 0 aliphatic heterocycles. The van der Waals surface area contributed by atoms with Crippen LogP contribution >= 0.6 is 22.6 Å². The van der Waals surface area contributed by atoms with Crippen molar-refractivity contribution < 1.29 is 0 Å². The molecular formula is C13H15I. The van der Waals surface area contributed by atoms with E-state index in [1.165, 1.54) is 9.13 Å². The Morgan fingerprint density at radius 3 is 2.50 bits per heavy atom. The van der Waals surface area contributed by atoms with E-state index >= 15 is 0 Å². The molecular weight excluding hydrogens is 283 g/mol. The van der Waals surface area contributed by atoms with E-state index in [1.807, 2.05) is 6.08 Å². The third-order valence-corrected chi connectivity index (χ3v) is 2.88. The number of halogens is 1. The van der Waals surface area contributed by atoms with Gasteiger partial charge in [-0.3, -0.25) is 0 Å². The van der Waals surface area contributed by atoms with Crippen LogP contribution in [-0.2, 0) is 6.42 Å². The first-order chi connectivity index (χ1) is 6.72. The normalized spacial score (nSPS) is 9.79. The van der Waals surface area contributed by atoms with Gasteiger partial charge in [0, 0.05) is 3.57 Å². The minimum Gasteiger partial charge on any atom is -0.0988 e. The predicted molar refractivity (Wildman–Crippen MR) is 71.4 cm³/mol. The molecule has 0 aromatic heterocycles. The van der Waals surface area contributed by atoms with Crippen molar-refractivity contribution in [2.75, 3.05) is 0 Å². The molecule has 0 unspecified atom stereocenters. The molecule has 0 radical (unpaired) electrons. The van der Waals surface area contributed by atoms with Crippen molar-refractivity contribution in [2.45, 2.75) is 19.3 Å². The van der Waals surface area contributed by atoms with E-state index in [9.17, 15) is 0 Å². The van der Waals surface area contributed by atoms with Crippen molar-refractivity contribution >= 4 is 22.6 Å². The number of allylic oxidation sites excluding steroid dienone is 2. The van der Waals surface area contributed by atoms with E-state index in [4.69, 9.17) is 0 Å². The Morgan fingerprint density at radius 2 is 1.93 bits per heavy atom. The van der Waals surface area contributed by atoms with Crippen molar-refractivity contribution in [3.8, 4) is 0 Å². The standard InChI is InChI=1S/C13H15I/c1-3-11(2)5-4-6-12-7-9-13(14)10-8-12/h3,7-10H,1-2,4-6H2. The molecule has 0 fully saturated rings. The Morgan fingerprint density at radius 1 is 1.29 bits per heavy atom. The topological polar surface area (TPSA) is 0 Å². The summed E-state index contributed by atoms with van der Waals surface area (Å²) >= 11 is 2.32. The maximum Gasteiger partial charge on any atom is 0.0130 e. The fourth-order valence-electron chi connectivity index (χ4n) is 1.27. The van der Waals surface area contributed by atoms with Gasteiger partial charge in [0.25, 0.3) is 0 Å². The first-order valence-electron chi connectivity index (χ1n) is 4.77. The molecule has 0 amide bonds. The molecule has 1 rings (SSSR count). The van der Waals surface area contributed by atoms with Gasteiger partial charge in [0.15, 0.2) is 0 Å². The molecule has 0 aliphatic rings. The van der Waals surface area contributed by atoms with Gasteiger partial charge in [-0.05, 0) is 59.5 Å². The summed E-state index contributed by atoms with van der Waals surface area (Å²) in [5.74, 6) is 0. The van der Waals surface area contributed by atoms with Crippen LogP contribution in [0.2, 0.25) is 0 Å². The minimum atomic E-state index is 1.05. The summed E-state index contributed by atoms with van der Waals surface area (Å²) in [4.78, 5) is 0. The fourth-order valence-corrected chi connectivity index (χ4v) is 1.63. The number of aryl methyl sites for hydroxylation is 1. The molecule has 1 aromatic carbocycles. The maximum absolute atomic E-state index is 3.90. The molecule has 1 aromatic rings. The van der Waals surface area contributed by atoms with Gasteiger partial charge in [0.2, 0.25) is 0 Å². The first kappa shape index (κ1) is 11.5. The summed E-state index contributed by atoms with van der Waals surface area (Å²) < 4.78 is 1.29. The van der Waals surface area contributed by atoms with Crippen LogP contribution in [-0.4, -0.2) is 0 Å². The highest BCUT2D eigenvalue weighted by Gasteiger charge is 1.94. The van der Waals surface area contributed by atoms with Crippen molar-refractivity contribution in [1.82, 2.24) is 0 Å². The molecule has 0 aliphatic carbocycles. The van der Waals surface area contributed by atoms with Crippen LogP contribution < -0.4 is 0 Å². The van der Waals surface area contributed by atoms with E-state index in [1.54, 1.807) is 0 Å². The molecule has 14 heavy (non-hydrogen) atoms. The number of benzene rings is 1. The fraction of sp³-hybridized carbons (Fsp3) is 0.231. The van der Waals surface area contributed by atoms with Gasteiger partial charge >= 0.3 is 0 Å². The molecule has 1 heteroatoms. The summed E-state index contributed by atoms with van der Waals surface area (Å²) in [7, 11) is 0.